The smallest absolute Gasteiger partial charge is 0.325 e. The van der Waals surface area contributed by atoms with Gasteiger partial charge in [-0.25, -0.2) is 8.42 Å². The van der Waals surface area contributed by atoms with Crippen molar-refractivity contribution in [2.75, 3.05) is 34.4 Å². The zero-order chi connectivity index (χ0) is 26.7. The summed E-state index contributed by atoms with van der Waals surface area (Å²) in [5.41, 5.74) is 1.51. The highest BCUT2D eigenvalue weighted by molar-refractivity contribution is 7.89. The highest BCUT2D eigenvalue weighted by Gasteiger charge is 2.33. The van der Waals surface area contributed by atoms with Gasteiger partial charge in [0.15, 0.2) is 4.80 Å². The summed E-state index contributed by atoms with van der Waals surface area (Å²) in [6.07, 6.45) is 1.05. The van der Waals surface area contributed by atoms with E-state index in [-0.39, 0.29) is 22.8 Å². The summed E-state index contributed by atoms with van der Waals surface area (Å²) in [7, 11) is 0.573. The fraction of sp³-hybridized carbons (Fsp3) is 0.400. The van der Waals surface area contributed by atoms with Gasteiger partial charge in [0, 0.05) is 13.1 Å². The van der Waals surface area contributed by atoms with E-state index >= 15 is 0 Å². The lowest BCUT2D eigenvalue weighted by molar-refractivity contribution is -0.141. The topological polar surface area (TPSA) is 116 Å². The number of carbonyl (C=O) groups is 2. The van der Waals surface area contributed by atoms with Crippen molar-refractivity contribution < 1.29 is 32.2 Å². The van der Waals surface area contributed by atoms with Gasteiger partial charge < -0.3 is 18.8 Å². The third-order valence-electron chi connectivity index (χ3n) is 6.31. The van der Waals surface area contributed by atoms with Crippen LogP contribution >= 0.6 is 11.3 Å². The Morgan fingerprint density at radius 1 is 1.05 bits per heavy atom. The Morgan fingerprint density at radius 2 is 1.73 bits per heavy atom. The van der Waals surface area contributed by atoms with Crippen molar-refractivity contribution in [3.63, 3.8) is 0 Å². The number of nitrogens with zero attached hydrogens (tertiary/aromatic N) is 3. The number of ether oxygens (including phenoxy) is 3. The molecule has 10 nitrogen and oxygen atoms in total. The molecule has 0 radical (unpaired) electrons. The number of methoxy groups -OCH3 is 3. The Labute approximate surface area is 219 Å². The van der Waals surface area contributed by atoms with E-state index < -0.39 is 27.8 Å². The van der Waals surface area contributed by atoms with Gasteiger partial charge in [-0.05, 0) is 44.0 Å². The molecule has 0 aliphatic carbocycles. The number of aryl methyl sites for hydroxylation is 1. The quantitative estimate of drug-likeness (QED) is 0.418. The molecule has 0 spiro atoms. The molecule has 1 fully saturated rings. The number of benzene rings is 2. The number of piperidine rings is 1. The van der Waals surface area contributed by atoms with Crippen LogP contribution in [0.25, 0.3) is 10.2 Å². The van der Waals surface area contributed by atoms with Crippen molar-refractivity contribution in [1.29, 1.82) is 0 Å². The molecule has 1 aromatic heterocycles. The first-order valence-corrected chi connectivity index (χ1v) is 13.9. The molecule has 0 saturated carbocycles. The maximum Gasteiger partial charge on any atom is 0.325 e. The lowest BCUT2D eigenvalue weighted by atomic mass is 9.99. The van der Waals surface area contributed by atoms with Crippen LogP contribution < -0.4 is 14.3 Å². The number of thiazole rings is 1. The third-order valence-corrected chi connectivity index (χ3v) is 9.28. The summed E-state index contributed by atoms with van der Waals surface area (Å²) < 4.78 is 45.8. The Balaban J connectivity index is 1.72. The number of sulfonamides is 1. The van der Waals surface area contributed by atoms with Crippen LogP contribution in [-0.2, 0) is 30.9 Å². The molecule has 0 bridgehead atoms. The molecule has 1 unspecified atom stereocenters. The zero-order valence-corrected chi connectivity index (χ0v) is 22.7. The van der Waals surface area contributed by atoms with Gasteiger partial charge in [0.25, 0.3) is 5.91 Å². The minimum Gasteiger partial charge on any atom is -0.495 e. The summed E-state index contributed by atoms with van der Waals surface area (Å²) in [5, 5.41) is 0. The molecular formula is C25H29N3O7S2. The molecule has 3 aromatic rings. The zero-order valence-electron chi connectivity index (χ0n) is 21.1. The van der Waals surface area contributed by atoms with Crippen LogP contribution in [0, 0.1) is 12.8 Å². The monoisotopic (exact) mass is 547 g/mol. The number of aromatic nitrogens is 1. The maximum absolute atomic E-state index is 13.3. The van der Waals surface area contributed by atoms with E-state index in [1.165, 1.54) is 37.0 Å². The lowest BCUT2D eigenvalue weighted by Gasteiger charge is -2.30. The van der Waals surface area contributed by atoms with Gasteiger partial charge in [0.2, 0.25) is 10.0 Å². The number of amides is 1. The van der Waals surface area contributed by atoms with Crippen LogP contribution in [-0.4, -0.2) is 63.6 Å². The molecule has 12 heteroatoms. The molecule has 1 aliphatic heterocycles. The predicted molar refractivity (Wildman–Crippen MR) is 138 cm³/mol. The van der Waals surface area contributed by atoms with E-state index in [0.29, 0.717) is 41.1 Å². The van der Waals surface area contributed by atoms with Crippen molar-refractivity contribution in [3.05, 3.63) is 46.8 Å². The third kappa shape index (κ3) is 5.41. The number of hydrogen-bond acceptors (Lipinski definition) is 8. The highest BCUT2D eigenvalue weighted by Crippen LogP contribution is 2.35. The number of carbonyl (C=O) groups excluding carboxylic acids is 2. The number of esters is 1. The fourth-order valence-corrected chi connectivity index (χ4v) is 6.95. The Bertz CT molecular complexity index is 1490. The number of fused-ring (bicyclic) bond motifs is 1. The van der Waals surface area contributed by atoms with Gasteiger partial charge in [-0.3, -0.25) is 9.59 Å². The molecule has 2 heterocycles. The van der Waals surface area contributed by atoms with Crippen LogP contribution in [0.4, 0.5) is 0 Å². The van der Waals surface area contributed by atoms with E-state index in [9.17, 15) is 18.0 Å². The Hall–Kier alpha value is -3.22. The van der Waals surface area contributed by atoms with E-state index in [4.69, 9.17) is 14.2 Å². The first-order valence-electron chi connectivity index (χ1n) is 11.7. The van der Waals surface area contributed by atoms with Gasteiger partial charge in [0.05, 0.1) is 32.1 Å². The molecule has 198 valence electrons. The Kier molecular flexibility index (Phi) is 8.00. The molecule has 0 N–H and O–H groups in total. The van der Waals surface area contributed by atoms with Gasteiger partial charge in [0.1, 0.15) is 28.3 Å². The summed E-state index contributed by atoms with van der Waals surface area (Å²) >= 11 is 1.18. The first-order chi connectivity index (χ1) is 17.7. The molecule has 37 heavy (non-hydrogen) atoms. The standard InChI is InChI=1S/C25H29N3O7S2/c1-16-7-9-18(10-8-16)37(31,32)27-13-5-6-17(14-27)24(30)26-25-28(15-21(29)35-4)22-19(33-2)11-12-20(34-3)23(22)36-25/h7-12,17H,5-6,13-15H2,1-4H3. The molecule has 2 aromatic carbocycles. The Morgan fingerprint density at radius 3 is 2.38 bits per heavy atom. The minimum atomic E-state index is -3.74. The summed E-state index contributed by atoms with van der Waals surface area (Å²) in [4.78, 5) is 30.4. The summed E-state index contributed by atoms with van der Waals surface area (Å²) in [6, 6.07) is 10.1. The molecule has 1 aliphatic rings. The SMILES string of the molecule is COC(=O)Cn1c(=NC(=O)C2CCCN(S(=O)(=O)c3ccc(C)cc3)C2)sc2c(OC)ccc(OC)c21. The largest absolute Gasteiger partial charge is 0.495 e. The van der Waals surface area contributed by atoms with Gasteiger partial charge >= 0.3 is 5.97 Å². The number of hydrogen-bond donors (Lipinski definition) is 0. The highest BCUT2D eigenvalue weighted by atomic mass is 32.2. The van der Waals surface area contributed by atoms with Gasteiger partial charge in [-0.1, -0.05) is 29.0 Å². The van der Waals surface area contributed by atoms with Crippen LogP contribution in [0.2, 0.25) is 0 Å². The van der Waals surface area contributed by atoms with Crippen molar-refractivity contribution in [3.8, 4) is 11.5 Å². The maximum atomic E-state index is 13.3. The van der Waals surface area contributed by atoms with Crippen LogP contribution in [0.3, 0.4) is 0 Å². The summed E-state index contributed by atoms with van der Waals surface area (Å²) in [5.74, 6) is -0.563. The first kappa shape index (κ1) is 26.8. The normalized spacial score (nSPS) is 17.1. The fourth-order valence-electron chi connectivity index (χ4n) is 4.29. The molecular weight excluding hydrogens is 518 g/mol. The average Bonchev–Trinajstić information content (AvgIpc) is 3.25. The second kappa shape index (κ2) is 11.0. The molecule has 1 saturated heterocycles. The van der Waals surface area contributed by atoms with Crippen LogP contribution in [0.15, 0.2) is 46.3 Å². The number of rotatable bonds is 7. The molecule has 1 amide bonds. The summed E-state index contributed by atoms with van der Waals surface area (Å²) in [6.45, 7) is 2.07. The van der Waals surface area contributed by atoms with Gasteiger partial charge in [-0.2, -0.15) is 9.30 Å². The van der Waals surface area contributed by atoms with Crippen LogP contribution in [0.1, 0.15) is 18.4 Å². The van der Waals surface area contributed by atoms with Crippen molar-refractivity contribution in [1.82, 2.24) is 8.87 Å². The second-order valence-electron chi connectivity index (χ2n) is 8.66. The van der Waals surface area contributed by atoms with Crippen molar-refractivity contribution in [2.24, 2.45) is 10.9 Å². The minimum absolute atomic E-state index is 0.0348. The molecule has 1 atom stereocenters. The van der Waals surface area contributed by atoms with E-state index in [0.717, 1.165) is 5.56 Å². The lowest BCUT2D eigenvalue weighted by Crippen LogP contribution is -2.42. The van der Waals surface area contributed by atoms with Crippen molar-refractivity contribution in [2.45, 2.75) is 31.2 Å². The average molecular weight is 548 g/mol. The molecule has 4 rings (SSSR count). The predicted octanol–water partition coefficient (Wildman–Crippen LogP) is 2.73. The van der Waals surface area contributed by atoms with Crippen LogP contribution in [0.5, 0.6) is 11.5 Å². The van der Waals surface area contributed by atoms with E-state index in [1.54, 1.807) is 41.0 Å². The van der Waals surface area contributed by atoms with Gasteiger partial charge in [-0.15, -0.1) is 0 Å². The van der Waals surface area contributed by atoms with E-state index in [2.05, 4.69) is 4.99 Å². The van der Waals surface area contributed by atoms with E-state index in [1.807, 2.05) is 6.92 Å². The van der Waals surface area contributed by atoms with Crippen molar-refractivity contribution >= 4 is 43.5 Å². The second-order valence-corrected chi connectivity index (χ2v) is 11.6.